The zero-order valence-electron chi connectivity index (χ0n) is 14.6. The molecular formula is C19H17F3N2O3. The lowest BCUT2D eigenvalue weighted by atomic mass is 10.1. The summed E-state index contributed by atoms with van der Waals surface area (Å²) in [5.74, 6) is -0.596. The van der Waals surface area contributed by atoms with Crippen molar-refractivity contribution in [2.45, 2.75) is 13.1 Å². The highest BCUT2D eigenvalue weighted by atomic mass is 19.4. The van der Waals surface area contributed by atoms with Crippen molar-refractivity contribution in [2.75, 3.05) is 17.7 Å². The Kier molecular flexibility index (Phi) is 6.23. The third-order valence-corrected chi connectivity index (χ3v) is 3.47. The standard InChI is InChI=1S/C19H17F3N2O3/c1-12(25)23-15-9-8-14(19(20,21)22)11-16(15)24-18(26)10-7-13-5-3-4-6-17(13)27-2/h3-11H,1-2H3,(H,23,25)(H,24,26)/b10-7+. The molecule has 0 fully saturated rings. The van der Waals surface area contributed by atoms with Gasteiger partial charge in [-0.15, -0.1) is 0 Å². The van der Waals surface area contributed by atoms with Crippen LogP contribution in [-0.2, 0) is 15.8 Å². The van der Waals surface area contributed by atoms with Gasteiger partial charge in [0.15, 0.2) is 0 Å². The monoisotopic (exact) mass is 378 g/mol. The minimum absolute atomic E-state index is 0.0644. The van der Waals surface area contributed by atoms with Crippen LogP contribution in [0.3, 0.4) is 0 Å². The number of hydrogen-bond donors (Lipinski definition) is 2. The van der Waals surface area contributed by atoms with Gasteiger partial charge in [-0.05, 0) is 30.3 Å². The minimum atomic E-state index is -4.58. The maximum Gasteiger partial charge on any atom is 0.416 e. The second-order valence-corrected chi connectivity index (χ2v) is 5.50. The number of carbonyl (C=O) groups excluding carboxylic acids is 2. The molecule has 0 atom stereocenters. The van der Waals surface area contributed by atoms with E-state index in [1.165, 1.54) is 20.1 Å². The van der Waals surface area contributed by atoms with Crippen molar-refractivity contribution in [3.63, 3.8) is 0 Å². The fourth-order valence-corrected chi connectivity index (χ4v) is 2.27. The molecule has 0 aliphatic heterocycles. The summed E-state index contributed by atoms with van der Waals surface area (Å²) in [4.78, 5) is 23.4. The zero-order chi connectivity index (χ0) is 20.0. The molecule has 0 saturated heterocycles. The number of alkyl halides is 3. The predicted octanol–water partition coefficient (Wildman–Crippen LogP) is 4.32. The summed E-state index contributed by atoms with van der Waals surface area (Å²) in [6, 6.07) is 9.62. The fraction of sp³-hybridized carbons (Fsp3) is 0.158. The molecule has 0 aliphatic rings. The van der Waals surface area contributed by atoms with Crippen molar-refractivity contribution < 1.29 is 27.5 Å². The second-order valence-electron chi connectivity index (χ2n) is 5.50. The molecule has 2 aromatic carbocycles. The first-order valence-electron chi connectivity index (χ1n) is 7.81. The average molecular weight is 378 g/mol. The molecule has 2 aromatic rings. The van der Waals surface area contributed by atoms with E-state index in [9.17, 15) is 22.8 Å². The van der Waals surface area contributed by atoms with E-state index in [0.29, 0.717) is 11.3 Å². The maximum atomic E-state index is 12.9. The topological polar surface area (TPSA) is 67.4 Å². The quantitative estimate of drug-likeness (QED) is 0.762. The van der Waals surface area contributed by atoms with Gasteiger partial charge in [-0.3, -0.25) is 9.59 Å². The first-order chi connectivity index (χ1) is 12.7. The number of para-hydroxylation sites is 1. The van der Waals surface area contributed by atoms with Crippen molar-refractivity contribution >= 4 is 29.3 Å². The normalized spacial score (nSPS) is 11.3. The van der Waals surface area contributed by atoms with Gasteiger partial charge in [0.05, 0.1) is 24.0 Å². The van der Waals surface area contributed by atoms with Crippen LogP contribution in [0.5, 0.6) is 5.75 Å². The Bertz CT molecular complexity index is 877. The first kappa shape index (κ1) is 20.0. The van der Waals surface area contributed by atoms with Crippen LogP contribution in [0.15, 0.2) is 48.5 Å². The highest BCUT2D eigenvalue weighted by molar-refractivity contribution is 6.05. The highest BCUT2D eigenvalue weighted by Crippen LogP contribution is 2.34. The fourth-order valence-electron chi connectivity index (χ4n) is 2.27. The van der Waals surface area contributed by atoms with Crippen molar-refractivity contribution in [2.24, 2.45) is 0 Å². The minimum Gasteiger partial charge on any atom is -0.496 e. The second kappa shape index (κ2) is 8.39. The van der Waals surface area contributed by atoms with E-state index in [1.807, 2.05) is 0 Å². The number of hydrogen-bond acceptors (Lipinski definition) is 3. The maximum absolute atomic E-state index is 12.9. The van der Waals surface area contributed by atoms with Gasteiger partial charge in [0, 0.05) is 18.6 Å². The zero-order valence-corrected chi connectivity index (χ0v) is 14.6. The first-order valence-corrected chi connectivity index (χ1v) is 7.81. The molecule has 0 aromatic heterocycles. The average Bonchev–Trinajstić information content (AvgIpc) is 2.60. The number of ether oxygens (including phenoxy) is 1. The summed E-state index contributed by atoms with van der Waals surface area (Å²) >= 11 is 0. The van der Waals surface area contributed by atoms with Crippen LogP contribution in [0.4, 0.5) is 24.5 Å². The van der Waals surface area contributed by atoms with E-state index in [-0.39, 0.29) is 11.4 Å². The van der Waals surface area contributed by atoms with Gasteiger partial charge in [0.1, 0.15) is 5.75 Å². The number of halogens is 3. The molecule has 0 unspecified atom stereocenters. The van der Waals surface area contributed by atoms with Crippen LogP contribution in [0, 0.1) is 0 Å². The van der Waals surface area contributed by atoms with E-state index in [2.05, 4.69) is 10.6 Å². The molecule has 8 heteroatoms. The summed E-state index contributed by atoms with van der Waals surface area (Å²) in [6.07, 6.45) is -1.95. The smallest absolute Gasteiger partial charge is 0.416 e. The molecule has 0 bridgehead atoms. The van der Waals surface area contributed by atoms with Crippen molar-refractivity contribution in [1.82, 2.24) is 0 Å². The summed E-state index contributed by atoms with van der Waals surface area (Å²) in [5, 5.41) is 4.74. The molecular weight excluding hydrogens is 361 g/mol. The molecule has 0 radical (unpaired) electrons. The van der Waals surface area contributed by atoms with E-state index in [4.69, 9.17) is 4.74 Å². The van der Waals surface area contributed by atoms with E-state index in [1.54, 1.807) is 24.3 Å². The van der Waals surface area contributed by atoms with Crippen LogP contribution in [0.1, 0.15) is 18.1 Å². The van der Waals surface area contributed by atoms with Gasteiger partial charge in [0.25, 0.3) is 0 Å². The molecule has 5 nitrogen and oxygen atoms in total. The highest BCUT2D eigenvalue weighted by Gasteiger charge is 2.31. The lowest BCUT2D eigenvalue weighted by Gasteiger charge is -2.14. The predicted molar refractivity (Wildman–Crippen MR) is 96.4 cm³/mol. The summed E-state index contributed by atoms with van der Waals surface area (Å²) in [5.41, 5.74) is -0.411. The Morgan fingerprint density at radius 1 is 1.04 bits per heavy atom. The Labute approximate surface area is 153 Å². The molecule has 0 aliphatic carbocycles. The lowest BCUT2D eigenvalue weighted by Crippen LogP contribution is -2.15. The van der Waals surface area contributed by atoms with Crippen molar-refractivity contribution in [3.05, 3.63) is 59.7 Å². The number of benzene rings is 2. The van der Waals surface area contributed by atoms with E-state index in [0.717, 1.165) is 24.3 Å². The molecule has 0 saturated carbocycles. The molecule has 2 N–H and O–H groups in total. The molecule has 0 spiro atoms. The molecule has 2 rings (SSSR count). The summed E-state index contributed by atoms with van der Waals surface area (Å²) in [7, 11) is 1.48. The van der Waals surface area contributed by atoms with Crippen molar-refractivity contribution in [1.29, 1.82) is 0 Å². The lowest BCUT2D eigenvalue weighted by molar-refractivity contribution is -0.137. The van der Waals surface area contributed by atoms with Crippen LogP contribution in [0.25, 0.3) is 6.08 Å². The molecule has 142 valence electrons. The van der Waals surface area contributed by atoms with Gasteiger partial charge < -0.3 is 15.4 Å². The Hall–Kier alpha value is -3.29. The number of anilines is 2. The number of nitrogens with one attached hydrogen (secondary N) is 2. The van der Waals surface area contributed by atoms with Crippen LogP contribution in [0.2, 0.25) is 0 Å². The SMILES string of the molecule is COc1ccccc1/C=C/C(=O)Nc1cc(C(F)(F)F)ccc1NC(C)=O. The summed E-state index contributed by atoms with van der Waals surface area (Å²) in [6.45, 7) is 1.21. The molecule has 0 heterocycles. The number of amides is 2. The van der Waals surface area contributed by atoms with Crippen LogP contribution >= 0.6 is 0 Å². The van der Waals surface area contributed by atoms with Gasteiger partial charge >= 0.3 is 6.18 Å². The van der Waals surface area contributed by atoms with Crippen LogP contribution in [-0.4, -0.2) is 18.9 Å². The summed E-state index contributed by atoms with van der Waals surface area (Å²) < 4.78 is 43.9. The largest absolute Gasteiger partial charge is 0.496 e. The number of carbonyl (C=O) groups is 2. The Balaban J connectivity index is 2.27. The third kappa shape index (κ3) is 5.60. The Morgan fingerprint density at radius 3 is 2.37 bits per heavy atom. The van der Waals surface area contributed by atoms with Gasteiger partial charge in [-0.25, -0.2) is 0 Å². The molecule has 2 amide bonds. The molecule has 27 heavy (non-hydrogen) atoms. The number of rotatable bonds is 5. The van der Waals surface area contributed by atoms with E-state index < -0.39 is 23.6 Å². The third-order valence-electron chi connectivity index (χ3n) is 3.47. The van der Waals surface area contributed by atoms with Gasteiger partial charge in [-0.2, -0.15) is 13.2 Å². The Morgan fingerprint density at radius 2 is 1.74 bits per heavy atom. The van der Waals surface area contributed by atoms with Crippen molar-refractivity contribution in [3.8, 4) is 5.75 Å². The number of methoxy groups -OCH3 is 1. The van der Waals surface area contributed by atoms with Gasteiger partial charge in [-0.1, -0.05) is 18.2 Å². The van der Waals surface area contributed by atoms with Gasteiger partial charge in [0.2, 0.25) is 11.8 Å². The van der Waals surface area contributed by atoms with Crippen LogP contribution < -0.4 is 15.4 Å². The van der Waals surface area contributed by atoms with E-state index >= 15 is 0 Å².